The minimum Gasteiger partial charge on any atom is -0.480 e. The van der Waals surface area contributed by atoms with Crippen molar-refractivity contribution in [1.29, 1.82) is 0 Å². The molecule has 0 bridgehead atoms. The van der Waals surface area contributed by atoms with Crippen LogP contribution in [0.15, 0.2) is 77.8 Å². The van der Waals surface area contributed by atoms with Gasteiger partial charge < -0.3 is 15.4 Å². The summed E-state index contributed by atoms with van der Waals surface area (Å²) in [6.45, 7) is 7.86. The highest BCUT2D eigenvalue weighted by atomic mass is 32.2. The van der Waals surface area contributed by atoms with Crippen molar-refractivity contribution in [3.05, 3.63) is 101 Å². The van der Waals surface area contributed by atoms with Crippen molar-refractivity contribution in [1.82, 2.24) is 20.1 Å². The van der Waals surface area contributed by atoms with Crippen LogP contribution in [0.1, 0.15) is 107 Å². The highest BCUT2D eigenvalue weighted by molar-refractivity contribution is 7.99. The van der Waals surface area contributed by atoms with Crippen LogP contribution < -0.4 is 5.32 Å². The number of carbonyl (C=O) groups excluding carboxylic acids is 5. The molecule has 1 aromatic heterocycles. The summed E-state index contributed by atoms with van der Waals surface area (Å²) in [6.07, 6.45) is 4.32. The van der Waals surface area contributed by atoms with E-state index in [-0.39, 0.29) is 54.3 Å². The molecular weight excluding hydrogens is 777 g/mol. The zero-order valence-corrected chi connectivity index (χ0v) is 34.6. The summed E-state index contributed by atoms with van der Waals surface area (Å²) in [5, 5.41) is 19.4. The van der Waals surface area contributed by atoms with Crippen molar-refractivity contribution in [2.24, 2.45) is 0 Å². The number of fused-ring (bicyclic) bond motifs is 3. The minimum absolute atomic E-state index is 0.0156. The summed E-state index contributed by atoms with van der Waals surface area (Å²) in [7, 11) is 0. The first-order valence-corrected chi connectivity index (χ1v) is 21.7. The zero-order chi connectivity index (χ0) is 42.1. The second kappa shape index (κ2) is 15.1. The van der Waals surface area contributed by atoms with Gasteiger partial charge in [-0.2, -0.15) is 0 Å². The van der Waals surface area contributed by atoms with E-state index < -0.39 is 17.9 Å². The lowest BCUT2D eigenvalue weighted by atomic mass is 9.81. The van der Waals surface area contributed by atoms with Crippen LogP contribution in [-0.2, 0) is 16.0 Å². The van der Waals surface area contributed by atoms with Crippen LogP contribution in [0.25, 0.3) is 54.0 Å². The number of para-hydroxylation sites is 1. The third-order valence-electron chi connectivity index (χ3n) is 12.7. The normalized spacial score (nSPS) is 14.7. The van der Waals surface area contributed by atoms with E-state index in [4.69, 9.17) is 0 Å². The van der Waals surface area contributed by atoms with Gasteiger partial charge in [-0.25, -0.2) is 4.79 Å². The number of hydrogen-bond acceptors (Lipinski definition) is 7. The molecule has 9 rings (SSSR count). The fourth-order valence-corrected chi connectivity index (χ4v) is 10.8. The Morgan fingerprint density at radius 3 is 1.77 bits per heavy atom. The van der Waals surface area contributed by atoms with Crippen LogP contribution in [0.4, 0.5) is 0 Å². The molecule has 2 aliphatic rings. The molecular formula is C48H44N4O7S. The summed E-state index contributed by atoms with van der Waals surface area (Å²) in [6, 6.07) is 18.8. The molecule has 304 valence electrons. The molecule has 1 unspecified atom stereocenters. The molecule has 7 aromatic rings. The van der Waals surface area contributed by atoms with Crippen molar-refractivity contribution in [2.75, 3.05) is 5.75 Å². The van der Waals surface area contributed by atoms with E-state index in [0.29, 0.717) is 63.6 Å². The molecule has 2 aliphatic heterocycles. The molecule has 3 heterocycles. The van der Waals surface area contributed by atoms with Gasteiger partial charge in [-0.05, 0) is 83.1 Å². The van der Waals surface area contributed by atoms with Gasteiger partial charge in [0, 0.05) is 96.5 Å². The number of aromatic amines is 1. The lowest BCUT2D eigenvalue weighted by Crippen LogP contribution is -2.46. The first-order valence-electron chi connectivity index (χ1n) is 20.7. The summed E-state index contributed by atoms with van der Waals surface area (Å²) in [5.41, 5.74) is 3.39. The van der Waals surface area contributed by atoms with Gasteiger partial charge in [0.05, 0.1) is 0 Å². The number of hydrogen-bond donors (Lipinski definition) is 3. The summed E-state index contributed by atoms with van der Waals surface area (Å²) in [4.78, 5) is 89.6. The second-order valence-electron chi connectivity index (χ2n) is 15.8. The van der Waals surface area contributed by atoms with Crippen molar-refractivity contribution in [2.45, 2.75) is 89.2 Å². The van der Waals surface area contributed by atoms with Gasteiger partial charge in [0.2, 0.25) is 5.91 Å². The van der Waals surface area contributed by atoms with Gasteiger partial charge in [-0.3, -0.25) is 33.8 Å². The van der Waals surface area contributed by atoms with E-state index in [1.807, 2.05) is 76.2 Å². The van der Waals surface area contributed by atoms with Crippen molar-refractivity contribution >= 4 is 101 Å². The maximum absolute atomic E-state index is 14.5. The van der Waals surface area contributed by atoms with E-state index in [2.05, 4.69) is 10.3 Å². The Balaban J connectivity index is 1.16. The number of nitrogens with zero attached hydrogens (tertiary/aromatic N) is 2. The maximum Gasteiger partial charge on any atom is 0.326 e. The van der Waals surface area contributed by atoms with Crippen LogP contribution in [-0.4, -0.2) is 79.3 Å². The largest absolute Gasteiger partial charge is 0.480 e. The number of amides is 5. The summed E-state index contributed by atoms with van der Waals surface area (Å²) >= 11 is 1.37. The molecule has 12 heteroatoms. The van der Waals surface area contributed by atoms with Gasteiger partial charge in [0.15, 0.2) is 0 Å². The predicted octanol–water partition coefficient (Wildman–Crippen LogP) is 9.08. The standard InChI is InChI=1S/C48H44N4O7S/c1-5-25(6-2)51-44(54)31-16-13-28-29-14-17-33-41-34(47(57)52(46(33)56)26(7-3)8-4)22-37(42(43(29)41)30-15-18-32(45(51)55)40(31)39(28)30)60-20-19-38(53)50-36(48(58)59)21-24-23-49-35-12-10-9-11-27(24)35/h9-18,22-23,25-26,36,49H,5-8,19-21H2,1-4H3,(H,50,53)(H,58,59). The number of thioether (sulfide) groups is 1. The second-order valence-corrected chi connectivity index (χ2v) is 16.9. The number of nitrogens with one attached hydrogen (secondary N) is 2. The lowest BCUT2D eigenvalue weighted by Gasteiger charge is -2.35. The van der Waals surface area contributed by atoms with Gasteiger partial charge in [-0.15, -0.1) is 11.8 Å². The molecule has 6 aromatic carbocycles. The fourth-order valence-electron chi connectivity index (χ4n) is 9.69. The van der Waals surface area contributed by atoms with Crippen LogP contribution in [0.2, 0.25) is 0 Å². The highest BCUT2D eigenvalue weighted by Crippen LogP contribution is 2.49. The van der Waals surface area contributed by atoms with E-state index >= 15 is 0 Å². The average Bonchev–Trinajstić information content (AvgIpc) is 3.66. The fraction of sp³-hybridized carbons (Fsp3) is 0.292. The average molecular weight is 821 g/mol. The number of aromatic nitrogens is 1. The Morgan fingerprint density at radius 2 is 1.18 bits per heavy atom. The van der Waals surface area contributed by atoms with Crippen molar-refractivity contribution in [3.8, 4) is 0 Å². The number of rotatable bonds is 14. The number of H-pyrrole nitrogens is 1. The van der Waals surface area contributed by atoms with Crippen LogP contribution in [0.3, 0.4) is 0 Å². The van der Waals surface area contributed by atoms with E-state index in [9.17, 15) is 33.9 Å². The molecule has 60 heavy (non-hydrogen) atoms. The molecule has 1 atom stereocenters. The third kappa shape index (κ3) is 5.86. The predicted molar refractivity (Wildman–Crippen MR) is 234 cm³/mol. The number of carboxylic acid groups (broad SMARTS) is 1. The van der Waals surface area contributed by atoms with Crippen molar-refractivity contribution in [3.63, 3.8) is 0 Å². The molecule has 5 amide bonds. The van der Waals surface area contributed by atoms with Gasteiger partial charge in [0.1, 0.15) is 6.04 Å². The third-order valence-corrected chi connectivity index (χ3v) is 13.7. The Labute approximate surface area is 349 Å². The Kier molecular flexibility index (Phi) is 9.85. The van der Waals surface area contributed by atoms with Gasteiger partial charge in [-0.1, -0.05) is 64.1 Å². The van der Waals surface area contributed by atoms with E-state index in [0.717, 1.165) is 48.8 Å². The first-order chi connectivity index (χ1) is 29.0. The van der Waals surface area contributed by atoms with E-state index in [1.165, 1.54) is 21.6 Å². The Bertz CT molecular complexity index is 2960. The monoisotopic (exact) mass is 820 g/mol. The number of benzene rings is 6. The first kappa shape index (κ1) is 39.2. The van der Waals surface area contributed by atoms with Crippen LogP contribution in [0, 0.1) is 0 Å². The highest BCUT2D eigenvalue weighted by Gasteiger charge is 2.40. The summed E-state index contributed by atoms with van der Waals surface area (Å²) < 4.78 is 0. The smallest absolute Gasteiger partial charge is 0.326 e. The SMILES string of the molecule is CCC(CC)N1C(=O)c2ccc3c4ccc5c6c(cc(SCCC(=O)NC(Cc7c[nH]c8ccccc78)C(=O)O)c(c7ccc(c2c37)C1=O)c64)C(=O)N(C(CC)CC)C5=O. The topological polar surface area (TPSA) is 157 Å². The Hall–Kier alpha value is -6.27. The number of aliphatic carboxylic acids is 1. The van der Waals surface area contributed by atoms with Crippen LogP contribution in [0.5, 0.6) is 0 Å². The molecule has 0 fully saturated rings. The number of carboxylic acids is 1. The molecule has 0 saturated carbocycles. The molecule has 0 radical (unpaired) electrons. The van der Waals surface area contributed by atoms with Crippen LogP contribution >= 0.6 is 11.8 Å². The minimum atomic E-state index is -1.15. The number of imide groups is 2. The lowest BCUT2D eigenvalue weighted by molar-refractivity contribution is -0.141. The van der Waals surface area contributed by atoms with Crippen molar-refractivity contribution < 1.29 is 33.9 Å². The Morgan fingerprint density at radius 1 is 0.650 bits per heavy atom. The quantitative estimate of drug-likeness (QED) is 0.0425. The molecule has 11 nitrogen and oxygen atoms in total. The van der Waals surface area contributed by atoms with Gasteiger partial charge in [0.25, 0.3) is 23.6 Å². The molecule has 0 saturated heterocycles. The maximum atomic E-state index is 14.5. The van der Waals surface area contributed by atoms with Gasteiger partial charge >= 0.3 is 5.97 Å². The molecule has 0 spiro atoms. The summed E-state index contributed by atoms with van der Waals surface area (Å²) in [5.74, 6) is -2.71. The zero-order valence-electron chi connectivity index (χ0n) is 33.8. The molecule has 0 aliphatic carbocycles. The molecule has 3 N–H and O–H groups in total. The van der Waals surface area contributed by atoms with E-state index in [1.54, 1.807) is 24.4 Å². The number of carbonyl (C=O) groups is 6.